The van der Waals surface area contributed by atoms with Crippen LogP contribution < -0.4 is 9.64 Å². The van der Waals surface area contributed by atoms with E-state index in [1.54, 1.807) is 17.0 Å². The number of amides is 1. The van der Waals surface area contributed by atoms with Crippen molar-refractivity contribution in [3.05, 3.63) is 95.5 Å². The summed E-state index contributed by atoms with van der Waals surface area (Å²) in [5.74, 6) is 0.643. The summed E-state index contributed by atoms with van der Waals surface area (Å²) in [6.45, 7) is 1.84. The predicted molar refractivity (Wildman–Crippen MR) is 122 cm³/mol. The molecule has 152 valence electrons. The van der Waals surface area contributed by atoms with Crippen molar-refractivity contribution in [3.8, 4) is 22.9 Å². The lowest BCUT2D eigenvalue weighted by atomic mass is 10.0. The maximum Gasteiger partial charge on any atom is 0.230 e. The monoisotopic (exact) mass is 425 g/mol. The number of rotatable bonds is 6. The molecule has 1 amide bonds. The molecule has 0 saturated heterocycles. The Kier molecular flexibility index (Phi) is 6.06. The first-order chi connectivity index (χ1) is 15.1. The van der Waals surface area contributed by atoms with Crippen LogP contribution in [0.1, 0.15) is 18.2 Å². The summed E-state index contributed by atoms with van der Waals surface area (Å²) in [5, 5.41) is 11.4. The normalized spacial score (nSPS) is 10.3. The first-order valence-electron chi connectivity index (χ1n) is 9.67. The first-order valence-corrected chi connectivity index (χ1v) is 10.6. The molecule has 0 spiro atoms. The molecule has 6 heteroatoms. The molecular formula is C25H19N3O2S. The van der Waals surface area contributed by atoms with Crippen LogP contribution in [-0.2, 0) is 11.4 Å². The molecule has 0 unspecified atom stereocenters. The Labute approximate surface area is 184 Å². The Bertz CT molecular complexity index is 1210. The lowest BCUT2D eigenvalue weighted by Crippen LogP contribution is -2.22. The summed E-state index contributed by atoms with van der Waals surface area (Å²) in [6.07, 6.45) is 0. The molecule has 0 N–H and O–H groups in total. The second-order valence-corrected chi connectivity index (χ2v) is 7.65. The topological polar surface area (TPSA) is 66.2 Å². The van der Waals surface area contributed by atoms with Crippen molar-refractivity contribution >= 4 is 28.1 Å². The molecule has 5 nitrogen and oxygen atoms in total. The van der Waals surface area contributed by atoms with Gasteiger partial charge in [0.1, 0.15) is 12.4 Å². The van der Waals surface area contributed by atoms with Gasteiger partial charge in [-0.2, -0.15) is 5.26 Å². The van der Waals surface area contributed by atoms with Gasteiger partial charge in [0.25, 0.3) is 0 Å². The van der Waals surface area contributed by atoms with Crippen molar-refractivity contribution in [2.24, 2.45) is 0 Å². The highest BCUT2D eigenvalue weighted by atomic mass is 32.1. The largest absolute Gasteiger partial charge is 0.487 e. The Morgan fingerprint density at radius 3 is 2.26 bits per heavy atom. The molecule has 0 aliphatic carbocycles. The van der Waals surface area contributed by atoms with Gasteiger partial charge in [-0.25, -0.2) is 4.98 Å². The number of hydrogen-bond acceptors (Lipinski definition) is 5. The molecule has 0 bridgehead atoms. The summed E-state index contributed by atoms with van der Waals surface area (Å²) in [6, 6.07) is 26.8. The summed E-state index contributed by atoms with van der Waals surface area (Å²) in [4.78, 5) is 18.3. The number of nitrogens with zero attached hydrogens (tertiary/aromatic N) is 3. The molecule has 0 aliphatic rings. The van der Waals surface area contributed by atoms with Gasteiger partial charge in [-0.3, -0.25) is 9.69 Å². The molecule has 4 aromatic rings. The predicted octanol–water partition coefficient (Wildman–Crippen LogP) is 5.95. The highest BCUT2D eigenvalue weighted by Crippen LogP contribution is 2.29. The van der Waals surface area contributed by atoms with E-state index in [0.29, 0.717) is 17.3 Å². The van der Waals surface area contributed by atoms with Gasteiger partial charge in [0.2, 0.25) is 5.91 Å². The molecule has 0 radical (unpaired) electrons. The quantitative estimate of drug-likeness (QED) is 0.383. The summed E-state index contributed by atoms with van der Waals surface area (Å²) < 4.78 is 5.88. The van der Waals surface area contributed by atoms with Gasteiger partial charge in [0, 0.05) is 12.3 Å². The maximum absolute atomic E-state index is 12.2. The number of carbonyl (C=O) groups excluding carboxylic acids is 1. The van der Waals surface area contributed by atoms with Crippen LogP contribution in [0.15, 0.2) is 84.2 Å². The minimum absolute atomic E-state index is 0.0913. The zero-order chi connectivity index (χ0) is 21.6. The van der Waals surface area contributed by atoms with Gasteiger partial charge in [-0.15, -0.1) is 11.3 Å². The minimum Gasteiger partial charge on any atom is -0.487 e. The standard InChI is InChI=1S/C25H19N3O2S/c1-18(29)28(23-5-3-2-4-6-23)25-27-22(17-31-25)16-30-24-13-11-21(12-14-24)20-9-7-19(15-26)8-10-20/h2-14,17H,16H2,1H3. The average molecular weight is 426 g/mol. The maximum atomic E-state index is 12.2. The smallest absolute Gasteiger partial charge is 0.230 e. The summed E-state index contributed by atoms with van der Waals surface area (Å²) >= 11 is 1.41. The third kappa shape index (κ3) is 4.80. The Hall–Kier alpha value is -3.95. The van der Waals surface area contributed by atoms with Gasteiger partial charge in [0.15, 0.2) is 5.13 Å². The second-order valence-electron chi connectivity index (χ2n) is 6.81. The number of thiazole rings is 1. The molecule has 0 saturated carbocycles. The van der Waals surface area contributed by atoms with Crippen LogP contribution in [0, 0.1) is 11.3 Å². The van der Waals surface area contributed by atoms with Crippen LogP contribution in [0.3, 0.4) is 0 Å². The average Bonchev–Trinajstić information content (AvgIpc) is 3.27. The summed E-state index contributed by atoms with van der Waals surface area (Å²) in [5.41, 5.74) is 4.28. The van der Waals surface area contributed by atoms with E-state index in [2.05, 4.69) is 11.1 Å². The molecule has 1 heterocycles. The Morgan fingerprint density at radius 1 is 1.00 bits per heavy atom. The minimum atomic E-state index is -0.0913. The third-order valence-corrected chi connectivity index (χ3v) is 5.52. The number of nitriles is 1. The zero-order valence-corrected chi connectivity index (χ0v) is 17.7. The molecule has 0 aliphatic heterocycles. The van der Waals surface area contributed by atoms with Crippen molar-refractivity contribution in [1.82, 2.24) is 4.98 Å². The SMILES string of the molecule is CC(=O)N(c1ccccc1)c1nc(COc2ccc(-c3ccc(C#N)cc3)cc2)cs1. The Balaban J connectivity index is 1.42. The highest BCUT2D eigenvalue weighted by molar-refractivity contribution is 7.14. The fraction of sp³-hybridized carbons (Fsp3) is 0.0800. The van der Waals surface area contributed by atoms with Crippen LogP contribution in [0.25, 0.3) is 11.1 Å². The van der Waals surface area contributed by atoms with Crippen molar-refractivity contribution < 1.29 is 9.53 Å². The van der Waals surface area contributed by atoms with Gasteiger partial charge in [-0.1, -0.05) is 42.5 Å². The molecule has 1 aromatic heterocycles. The highest BCUT2D eigenvalue weighted by Gasteiger charge is 2.17. The molecule has 0 atom stereocenters. The van der Waals surface area contributed by atoms with Crippen molar-refractivity contribution in [1.29, 1.82) is 5.26 Å². The number of ether oxygens (including phenoxy) is 1. The number of carbonyl (C=O) groups is 1. The molecule has 4 rings (SSSR count). The summed E-state index contributed by atoms with van der Waals surface area (Å²) in [7, 11) is 0. The van der Waals surface area contributed by atoms with E-state index in [4.69, 9.17) is 10.00 Å². The lowest BCUT2D eigenvalue weighted by molar-refractivity contribution is -0.115. The molecule has 31 heavy (non-hydrogen) atoms. The molecular weight excluding hydrogens is 406 g/mol. The van der Waals surface area contributed by atoms with E-state index < -0.39 is 0 Å². The van der Waals surface area contributed by atoms with Crippen molar-refractivity contribution in [2.75, 3.05) is 4.90 Å². The van der Waals surface area contributed by atoms with Gasteiger partial charge < -0.3 is 4.74 Å². The number of aromatic nitrogens is 1. The number of anilines is 2. The van der Waals surface area contributed by atoms with E-state index in [-0.39, 0.29) is 5.91 Å². The van der Waals surface area contributed by atoms with E-state index in [9.17, 15) is 4.79 Å². The fourth-order valence-electron chi connectivity index (χ4n) is 3.11. The van der Waals surface area contributed by atoms with Crippen LogP contribution in [0.5, 0.6) is 5.75 Å². The van der Waals surface area contributed by atoms with Crippen molar-refractivity contribution in [2.45, 2.75) is 13.5 Å². The third-order valence-electron chi connectivity index (χ3n) is 4.65. The van der Waals surface area contributed by atoms with Gasteiger partial charge in [-0.05, 0) is 47.5 Å². The van der Waals surface area contributed by atoms with Gasteiger partial charge in [0.05, 0.1) is 23.0 Å². The fourth-order valence-corrected chi connectivity index (χ4v) is 3.98. The molecule has 3 aromatic carbocycles. The molecule has 0 fully saturated rings. The lowest BCUT2D eigenvalue weighted by Gasteiger charge is -2.17. The zero-order valence-electron chi connectivity index (χ0n) is 16.9. The van der Waals surface area contributed by atoms with Crippen molar-refractivity contribution in [3.63, 3.8) is 0 Å². The van der Waals surface area contributed by atoms with Crippen LogP contribution in [-0.4, -0.2) is 10.9 Å². The second kappa shape index (κ2) is 9.24. The van der Waals surface area contributed by atoms with Crippen LogP contribution >= 0.6 is 11.3 Å². The van der Waals surface area contributed by atoms with E-state index in [1.807, 2.05) is 72.1 Å². The van der Waals surface area contributed by atoms with E-state index in [0.717, 1.165) is 28.3 Å². The van der Waals surface area contributed by atoms with E-state index in [1.165, 1.54) is 18.3 Å². The van der Waals surface area contributed by atoms with E-state index >= 15 is 0 Å². The number of para-hydroxylation sites is 1. The number of benzene rings is 3. The first kappa shape index (κ1) is 20.3. The Morgan fingerprint density at radius 2 is 1.65 bits per heavy atom. The van der Waals surface area contributed by atoms with Crippen LogP contribution in [0.4, 0.5) is 10.8 Å². The van der Waals surface area contributed by atoms with Crippen LogP contribution in [0.2, 0.25) is 0 Å². The van der Waals surface area contributed by atoms with Gasteiger partial charge >= 0.3 is 0 Å². The number of hydrogen-bond donors (Lipinski definition) is 0.